The second kappa shape index (κ2) is 6.69. The van der Waals surface area contributed by atoms with Gasteiger partial charge in [-0.2, -0.15) is 0 Å². The number of ketones is 1. The van der Waals surface area contributed by atoms with Gasteiger partial charge in [-0.1, -0.05) is 6.07 Å². The molecule has 1 aromatic carbocycles. The summed E-state index contributed by atoms with van der Waals surface area (Å²) in [6, 6.07) is 1.94. The lowest BCUT2D eigenvalue weighted by atomic mass is 9.92. The highest BCUT2D eigenvalue weighted by molar-refractivity contribution is 5.97. The van der Waals surface area contributed by atoms with E-state index in [-0.39, 0.29) is 18.1 Å². The number of rotatable bonds is 4. The number of aromatic nitrogens is 2. The van der Waals surface area contributed by atoms with E-state index in [0.29, 0.717) is 5.56 Å². The summed E-state index contributed by atoms with van der Waals surface area (Å²) in [6.07, 6.45) is 2.92. The highest BCUT2D eigenvalue weighted by Crippen LogP contribution is 2.23. The highest BCUT2D eigenvalue weighted by Gasteiger charge is 2.16. The van der Waals surface area contributed by atoms with Crippen molar-refractivity contribution in [3.8, 4) is 0 Å². The predicted octanol–water partition coefficient (Wildman–Crippen LogP) is 3.27. The Balaban J connectivity index is 2.23. The summed E-state index contributed by atoms with van der Waals surface area (Å²) in [5, 5.41) is 0. The highest BCUT2D eigenvalue weighted by atomic mass is 16.5. The molecule has 23 heavy (non-hydrogen) atoms. The predicted molar refractivity (Wildman–Crippen MR) is 86.5 cm³/mol. The zero-order valence-electron chi connectivity index (χ0n) is 14.1. The lowest BCUT2D eigenvalue weighted by molar-refractivity contribution is 0.0464. The molecule has 0 unspecified atom stereocenters. The van der Waals surface area contributed by atoms with Crippen molar-refractivity contribution in [2.45, 2.75) is 41.2 Å². The van der Waals surface area contributed by atoms with Crippen LogP contribution in [0.5, 0.6) is 0 Å². The third-order valence-corrected chi connectivity index (χ3v) is 3.82. The van der Waals surface area contributed by atoms with E-state index in [1.165, 1.54) is 12.4 Å². The quantitative estimate of drug-likeness (QED) is 0.640. The van der Waals surface area contributed by atoms with Gasteiger partial charge in [-0.15, -0.1) is 0 Å². The first-order valence-corrected chi connectivity index (χ1v) is 7.37. The molecule has 0 radical (unpaired) electrons. The van der Waals surface area contributed by atoms with E-state index in [4.69, 9.17) is 4.74 Å². The normalized spacial score (nSPS) is 10.5. The van der Waals surface area contributed by atoms with Crippen LogP contribution in [-0.4, -0.2) is 21.7 Å². The summed E-state index contributed by atoms with van der Waals surface area (Å²) < 4.78 is 5.34. The molecule has 0 amide bonds. The van der Waals surface area contributed by atoms with E-state index < -0.39 is 5.97 Å². The molecule has 0 aliphatic heterocycles. The minimum Gasteiger partial charge on any atom is -0.456 e. The Hall–Kier alpha value is -2.56. The first-order valence-electron chi connectivity index (χ1n) is 7.37. The van der Waals surface area contributed by atoms with Gasteiger partial charge in [-0.3, -0.25) is 9.78 Å². The fraction of sp³-hybridized carbons (Fsp3) is 0.333. The molecule has 120 valence electrons. The lowest BCUT2D eigenvalue weighted by Crippen LogP contribution is -2.11. The summed E-state index contributed by atoms with van der Waals surface area (Å²) in [5.41, 5.74) is 5.24. The van der Waals surface area contributed by atoms with Crippen LogP contribution in [0.4, 0.5) is 0 Å². The van der Waals surface area contributed by atoms with Crippen LogP contribution >= 0.6 is 0 Å². The van der Waals surface area contributed by atoms with Gasteiger partial charge in [-0.05, 0) is 56.9 Å². The Morgan fingerprint density at radius 1 is 1.04 bits per heavy atom. The molecule has 5 heteroatoms. The van der Waals surface area contributed by atoms with Crippen LogP contribution in [0.25, 0.3) is 0 Å². The fourth-order valence-electron chi connectivity index (χ4n) is 2.70. The van der Waals surface area contributed by atoms with Crippen molar-refractivity contribution in [3.63, 3.8) is 0 Å². The van der Waals surface area contributed by atoms with Gasteiger partial charge in [0.1, 0.15) is 6.61 Å². The van der Waals surface area contributed by atoms with Gasteiger partial charge >= 0.3 is 5.97 Å². The molecule has 0 saturated heterocycles. The molecule has 1 aromatic heterocycles. The molecule has 2 aromatic rings. The van der Waals surface area contributed by atoms with E-state index in [1.54, 1.807) is 13.8 Å². The maximum absolute atomic E-state index is 12.0. The molecule has 0 fully saturated rings. The molecule has 1 heterocycles. The van der Waals surface area contributed by atoms with Crippen LogP contribution in [0.15, 0.2) is 18.5 Å². The molecule has 2 rings (SSSR count). The maximum Gasteiger partial charge on any atom is 0.358 e. The summed E-state index contributed by atoms with van der Waals surface area (Å²) in [5.74, 6) is -0.516. The molecule has 0 atom stereocenters. The maximum atomic E-state index is 12.0. The monoisotopic (exact) mass is 312 g/mol. The first-order chi connectivity index (χ1) is 10.8. The fourth-order valence-corrected chi connectivity index (χ4v) is 2.70. The minimum atomic E-state index is -0.527. The van der Waals surface area contributed by atoms with Crippen molar-refractivity contribution >= 4 is 11.8 Å². The number of hydrogen-bond donors (Lipinski definition) is 0. The van der Waals surface area contributed by atoms with E-state index in [9.17, 15) is 9.59 Å². The van der Waals surface area contributed by atoms with Crippen LogP contribution in [0, 0.1) is 27.7 Å². The zero-order chi connectivity index (χ0) is 17.1. The van der Waals surface area contributed by atoms with Gasteiger partial charge in [0.2, 0.25) is 0 Å². The van der Waals surface area contributed by atoms with Crippen LogP contribution < -0.4 is 0 Å². The number of aryl methyl sites for hydroxylation is 3. The average Bonchev–Trinajstić information content (AvgIpc) is 2.46. The average molecular weight is 312 g/mol. The van der Waals surface area contributed by atoms with Crippen LogP contribution in [-0.2, 0) is 11.3 Å². The van der Waals surface area contributed by atoms with Crippen molar-refractivity contribution in [1.29, 1.82) is 0 Å². The van der Waals surface area contributed by atoms with E-state index in [2.05, 4.69) is 9.97 Å². The van der Waals surface area contributed by atoms with Crippen molar-refractivity contribution in [3.05, 3.63) is 57.7 Å². The summed E-state index contributed by atoms with van der Waals surface area (Å²) >= 11 is 0. The Bertz CT molecular complexity index is 765. The van der Waals surface area contributed by atoms with E-state index in [0.717, 1.165) is 27.9 Å². The minimum absolute atomic E-state index is 0.0111. The SMILES string of the molecule is CC(=O)c1c(C)cc(C)c(COC(=O)c2cnc(C)cn2)c1C. The molecular formula is C18H20N2O3. The van der Waals surface area contributed by atoms with Gasteiger partial charge < -0.3 is 4.74 Å². The van der Waals surface area contributed by atoms with Crippen LogP contribution in [0.2, 0.25) is 0 Å². The Morgan fingerprint density at radius 3 is 2.30 bits per heavy atom. The molecule has 0 aliphatic carbocycles. The van der Waals surface area contributed by atoms with E-state index in [1.807, 2.05) is 26.8 Å². The number of carbonyl (C=O) groups is 2. The van der Waals surface area contributed by atoms with Gasteiger partial charge in [0.15, 0.2) is 11.5 Å². The molecule has 0 saturated carbocycles. The number of hydrogen-bond acceptors (Lipinski definition) is 5. The Morgan fingerprint density at radius 2 is 1.74 bits per heavy atom. The summed E-state index contributed by atoms with van der Waals surface area (Å²) in [4.78, 5) is 31.9. The van der Waals surface area contributed by atoms with Crippen molar-refractivity contribution < 1.29 is 14.3 Å². The number of benzene rings is 1. The summed E-state index contributed by atoms with van der Waals surface area (Å²) in [6.45, 7) is 9.18. The van der Waals surface area contributed by atoms with Crippen molar-refractivity contribution in [2.24, 2.45) is 0 Å². The van der Waals surface area contributed by atoms with Crippen LogP contribution in [0.1, 0.15) is 55.7 Å². The van der Waals surface area contributed by atoms with Gasteiger partial charge in [-0.25, -0.2) is 9.78 Å². The molecular weight excluding hydrogens is 292 g/mol. The van der Waals surface area contributed by atoms with Gasteiger partial charge in [0.05, 0.1) is 11.9 Å². The number of esters is 1. The summed E-state index contributed by atoms with van der Waals surface area (Å²) in [7, 11) is 0. The van der Waals surface area contributed by atoms with Crippen LogP contribution in [0.3, 0.4) is 0 Å². The second-order valence-electron chi connectivity index (χ2n) is 5.66. The van der Waals surface area contributed by atoms with Gasteiger partial charge in [0.25, 0.3) is 0 Å². The number of nitrogens with zero attached hydrogens (tertiary/aromatic N) is 2. The first kappa shape index (κ1) is 16.8. The topological polar surface area (TPSA) is 69.2 Å². The van der Waals surface area contributed by atoms with Gasteiger partial charge in [0, 0.05) is 11.8 Å². The largest absolute Gasteiger partial charge is 0.456 e. The Kier molecular flexibility index (Phi) is 4.89. The molecule has 0 N–H and O–H groups in total. The van der Waals surface area contributed by atoms with E-state index >= 15 is 0 Å². The third-order valence-electron chi connectivity index (χ3n) is 3.82. The lowest BCUT2D eigenvalue weighted by Gasteiger charge is -2.15. The Labute approximate surface area is 135 Å². The third kappa shape index (κ3) is 3.62. The second-order valence-corrected chi connectivity index (χ2v) is 5.66. The molecule has 0 spiro atoms. The number of carbonyl (C=O) groups excluding carboxylic acids is 2. The number of Topliss-reactive ketones (excluding diaryl/α,β-unsaturated/α-hetero) is 1. The zero-order valence-corrected chi connectivity index (χ0v) is 14.1. The standard InChI is InChI=1S/C18H20N2O3/c1-10-6-11(2)17(14(5)21)13(4)15(10)9-23-18(22)16-8-19-12(3)7-20-16/h6-8H,9H2,1-5H3. The molecule has 0 aliphatic rings. The smallest absolute Gasteiger partial charge is 0.358 e. The molecule has 0 bridgehead atoms. The molecule has 5 nitrogen and oxygen atoms in total. The number of ether oxygens (including phenoxy) is 1. The van der Waals surface area contributed by atoms with Crippen molar-refractivity contribution in [2.75, 3.05) is 0 Å². The van der Waals surface area contributed by atoms with Crippen molar-refractivity contribution in [1.82, 2.24) is 9.97 Å².